The molecule has 0 saturated carbocycles. The third kappa shape index (κ3) is 13.5. The van der Waals surface area contributed by atoms with E-state index in [1.807, 2.05) is 0 Å². The first-order valence-electron chi connectivity index (χ1n) is 4.89. The Kier molecular flexibility index (Phi) is 18.9. The summed E-state index contributed by atoms with van der Waals surface area (Å²) >= 11 is 0. The lowest BCUT2D eigenvalue weighted by atomic mass is 10.1. The van der Waals surface area contributed by atoms with E-state index < -0.39 is 0 Å². The van der Waals surface area contributed by atoms with Gasteiger partial charge < -0.3 is 9.47 Å². The van der Waals surface area contributed by atoms with Gasteiger partial charge in [-0.1, -0.05) is 12.8 Å². The Morgan fingerprint density at radius 2 is 1.44 bits per heavy atom. The van der Waals surface area contributed by atoms with Crippen molar-refractivity contribution in [3.8, 4) is 0 Å². The minimum Gasteiger partial charge on any atom is -0.484 e. The first-order chi connectivity index (χ1) is 6.70. The number of carbonyl (C=O) groups is 1. The minimum absolute atomic E-state index is 0. The van der Waals surface area contributed by atoms with Crippen LogP contribution in [0, 0.1) is 5.41 Å². The molecule has 0 aromatic rings. The average molecular weight is 274 g/mol. The Hall–Kier alpha value is -0.480. The van der Waals surface area contributed by atoms with E-state index in [0.29, 0.717) is 18.7 Å². The predicted octanol–water partition coefficient (Wildman–Crippen LogP) is 2.97. The van der Waals surface area contributed by atoms with E-state index in [1.54, 1.807) is 0 Å². The zero-order chi connectivity index (χ0) is 10.8. The molecule has 0 aromatic carbocycles. The molecule has 0 aliphatic carbocycles. The van der Waals surface area contributed by atoms with E-state index >= 15 is 0 Å². The van der Waals surface area contributed by atoms with E-state index in [-0.39, 0.29) is 30.8 Å². The lowest BCUT2D eigenvalue weighted by molar-refractivity contribution is -0.140. The van der Waals surface area contributed by atoms with Gasteiger partial charge in [0.1, 0.15) is 0 Å². The molecule has 0 radical (unpaired) electrons. The lowest BCUT2D eigenvalue weighted by Gasteiger charge is -2.02. The molecule has 0 heterocycles. The summed E-state index contributed by atoms with van der Waals surface area (Å²) in [7, 11) is 2.92. The van der Waals surface area contributed by atoms with Crippen LogP contribution in [-0.2, 0) is 14.3 Å². The van der Waals surface area contributed by atoms with E-state index in [9.17, 15) is 4.79 Å². The van der Waals surface area contributed by atoms with Crippen molar-refractivity contribution < 1.29 is 14.3 Å². The van der Waals surface area contributed by atoms with Crippen molar-refractivity contribution in [1.82, 2.24) is 0 Å². The summed E-state index contributed by atoms with van der Waals surface area (Å²) in [4.78, 5) is 10.7. The van der Waals surface area contributed by atoms with Gasteiger partial charge in [-0.2, -0.15) is 0 Å². The Morgan fingerprint density at radius 1 is 0.938 bits per heavy atom. The Morgan fingerprint density at radius 3 is 1.88 bits per heavy atom. The zero-order valence-electron chi connectivity index (χ0n) is 9.78. The molecule has 0 aliphatic heterocycles. The zero-order valence-corrected chi connectivity index (χ0v) is 11.4. The van der Waals surface area contributed by atoms with E-state index in [2.05, 4.69) is 4.74 Å². The van der Waals surface area contributed by atoms with Gasteiger partial charge in [0, 0.05) is 12.8 Å². The Balaban J connectivity index is -0.000000845. The van der Waals surface area contributed by atoms with Gasteiger partial charge in [0.05, 0.1) is 14.2 Å². The van der Waals surface area contributed by atoms with Crippen LogP contribution in [0.1, 0.15) is 38.5 Å². The number of halogens is 2. The maximum Gasteiger partial charge on any atom is 0.305 e. The number of methoxy groups -OCH3 is 2. The first kappa shape index (κ1) is 20.9. The van der Waals surface area contributed by atoms with E-state index in [4.69, 9.17) is 10.1 Å². The molecule has 0 unspecified atom stereocenters. The molecular weight excluding hydrogens is 253 g/mol. The summed E-state index contributed by atoms with van der Waals surface area (Å²) in [5, 5.41) is 7.22. The standard InChI is InChI=1S/C10H19NO3.2ClH/c1-13-9(11)7-5-3-4-6-8-10(12)14-2;;/h11H,3-8H2,1-2H3;2*1H. The van der Waals surface area contributed by atoms with Gasteiger partial charge in [0.15, 0.2) is 5.90 Å². The largest absolute Gasteiger partial charge is 0.484 e. The molecule has 4 nitrogen and oxygen atoms in total. The second-order valence-electron chi connectivity index (χ2n) is 3.12. The first-order valence-corrected chi connectivity index (χ1v) is 4.89. The fourth-order valence-corrected chi connectivity index (χ4v) is 1.11. The van der Waals surface area contributed by atoms with Crippen LogP contribution in [0.3, 0.4) is 0 Å². The number of hydrogen-bond donors (Lipinski definition) is 1. The summed E-state index contributed by atoms with van der Waals surface area (Å²) in [6.45, 7) is 0. The van der Waals surface area contributed by atoms with Crippen LogP contribution < -0.4 is 0 Å². The molecule has 6 heteroatoms. The molecule has 98 valence electrons. The molecule has 0 aliphatic rings. The van der Waals surface area contributed by atoms with Crippen LogP contribution in [0.4, 0.5) is 0 Å². The van der Waals surface area contributed by atoms with Crippen LogP contribution in [0.15, 0.2) is 0 Å². The van der Waals surface area contributed by atoms with Crippen molar-refractivity contribution in [2.24, 2.45) is 0 Å². The van der Waals surface area contributed by atoms with Crippen molar-refractivity contribution in [2.45, 2.75) is 38.5 Å². The second-order valence-corrected chi connectivity index (χ2v) is 3.12. The fraction of sp³-hybridized carbons (Fsp3) is 0.800. The number of carbonyl (C=O) groups excluding carboxylic acids is 1. The maximum atomic E-state index is 10.7. The second kappa shape index (κ2) is 14.5. The average Bonchev–Trinajstić information content (AvgIpc) is 2.22. The SMILES string of the molecule is COC(=N)CCCCCCC(=O)OC.Cl.Cl. The number of esters is 1. The lowest BCUT2D eigenvalue weighted by Crippen LogP contribution is -2.00. The molecule has 0 saturated heterocycles. The third-order valence-electron chi connectivity index (χ3n) is 2.01. The molecule has 0 rings (SSSR count). The highest BCUT2D eigenvalue weighted by atomic mass is 35.5. The fourth-order valence-electron chi connectivity index (χ4n) is 1.11. The number of nitrogens with one attached hydrogen (secondary N) is 1. The van der Waals surface area contributed by atoms with Gasteiger partial charge in [-0.15, -0.1) is 24.8 Å². The van der Waals surface area contributed by atoms with Crippen molar-refractivity contribution in [2.75, 3.05) is 14.2 Å². The van der Waals surface area contributed by atoms with Crippen LogP contribution in [0.5, 0.6) is 0 Å². The normalized spacial score (nSPS) is 8.38. The minimum atomic E-state index is -0.144. The number of ether oxygens (including phenoxy) is 2. The summed E-state index contributed by atoms with van der Waals surface area (Å²) in [5.74, 6) is 0.188. The van der Waals surface area contributed by atoms with Crippen molar-refractivity contribution in [3.05, 3.63) is 0 Å². The van der Waals surface area contributed by atoms with Gasteiger partial charge in [0.25, 0.3) is 0 Å². The highest BCUT2D eigenvalue weighted by molar-refractivity contribution is 5.85. The van der Waals surface area contributed by atoms with Crippen LogP contribution in [0.25, 0.3) is 0 Å². The molecule has 0 bridgehead atoms. The van der Waals surface area contributed by atoms with E-state index in [0.717, 1.165) is 25.7 Å². The molecule has 16 heavy (non-hydrogen) atoms. The molecular formula is C10H21Cl2NO3. The Labute approximate surface area is 109 Å². The van der Waals surface area contributed by atoms with Gasteiger partial charge >= 0.3 is 5.97 Å². The summed E-state index contributed by atoms with van der Waals surface area (Å²) < 4.78 is 9.24. The smallest absolute Gasteiger partial charge is 0.305 e. The third-order valence-corrected chi connectivity index (χ3v) is 2.01. The monoisotopic (exact) mass is 273 g/mol. The van der Waals surface area contributed by atoms with Gasteiger partial charge in [-0.05, 0) is 12.8 Å². The van der Waals surface area contributed by atoms with Crippen LogP contribution in [-0.4, -0.2) is 26.1 Å². The topological polar surface area (TPSA) is 59.4 Å². The molecule has 0 atom stereocenters. The van der Waals surface area contributed by atoms with E-state index in [1.165, 1.54) is 14.2 Å². The highest BCUT2D eigenvalue weighted by Crippen LogP contribution is 2.06. The Bertz CT molecular complexity index is 169. The molecule has 0 fully saturated rings. The van der Waals surface area contributed by atoms with Gasteiger partial charge in [0.2, 0.25) is 0 Å². The number of rotatable bonds is 7. The molecule has 0 amide bonds. The van der Waals surface area contributed by atoms with Gasteiger partial charge in [-0.3, -0.25) is 10.2 Å². The summed E-state index contributed by atoms with van der Waals surface area (Å²) in [5.41, 5.74) is 0. The summed E-state index contributed by atoms with van der Waals surface area (Å²) in [6.07, 6.45) is 5.04. The maximum absolute atomic E-state index is 10.7. The summed E-state index contributed by atoms with van der Waals surface area (Å²) in [6, 6.07) is 0. The van der Waals surface area contributed by atoms with Crippen molar-refractivity contribution >= 4 is 36.7 Å². The van der Waals surface area contributed by atoms with Crippen LogP contribution >= 0.6 is 24.8 Å². The van der Waals surface area contributed by atoms with Gasteiger partial charge in [-0.25, -0.2) is 0 Å². The molecule has 0 aromatic heterocycles. The van der Waals surface area contributed by atoms with Crippen molar-refractivity contribution in [1.29, 1.82) is 5.41 Å². The highest BCUT2D eigenvalue weighted by Gasteiger charge is 1.99. The number of hydrogen-bond acceptors (Lipinski definition) is 4. The molecule has 1 N–H and O–H groups in total. The van der Waals surface area contributed by atoms with Crippen LogP contribution in [0.2, 0.25) is 0 Å². The quantitative estimate of drug-likeness (QED) is 0.336. The molecule has 0 spiro atoms. The van der Waals surface area contributed by atoms with Crippen molar-refractivity contribution in [3.63, 3.8) is 0 Å². The number of unbranched alkanes of at least 4 members (excludes halogenated alkanes) is 3. The predicted molar refractivity (Wildman–Crippen MR) is 68.9 cm³/mol.